The molecule has 2 heterocycles. The fraction of sp³-hybridized carbons (Fsp3) is 0.400. The smallest absolute Gasteiger partial charge is 0.268 e. The van der Waals surface area contributed by atoms with Gasteiger partial charge in [-0.2, -0.15) is 0 Å². The molecule has 0 atom stereocenters. The minimum Gasteiger partial charge on any atom is -0.309 e. The number of hydrogen-bond donors (Lipinski definition) is 2. The van der Waals surface area contributed by atoms with Crippen LogP contribution in [0.2, 0.25) is 0 Å². The molecule has 0 radical (unpaired) electrons. The van der Waals surface area contributed by atoms with Crippen LogP contribution in [-0.4, -0.2) is 10.5 Å². The van der Waals surface area contributed by atoms with E-state index >= 15 is 0 Å². The molecule has 106 valence electrons. The number of hydrogen-bond acceptors (Lipinski definition) is 3. The maximum Gasteiger partial charge on any atom is 0.268 e. The molecule has 3 N–H and O–H groups in total. The summed E-state index contributed by atoms with van der Waals surface area (Å²) >= 11 is 1.74. The van der Waals surface area contributed by atoms with E-state index in [1.807, 2.05) is 0 Å². The number of aryl methyl sites for hydroxylation is 3. The molecule has 0 unspecified atom stereocenters. The first-order chi connectivity index (χ1) is 9.63. The third kappa shape index (κ3) is 1.98. The molecule has 1 aliphatic rings. The molecule has 1 aliphatic carbocycles. The van der Waals surface area contributed by atoms with Crippen molar-refractivity contribution in [3.8, 4) is 5.00 Å². The second-order valence-corrected chi connectivity index (χ2v) is 6.40. The molecule has 0 saturated heterocycles. The number of rotatable bonds is 2. The van der Waals surface area contributed by atoms with Crippen LogP contribution in [0.3, 0.4) is 0 Å². The minimum atomic E-state index is -0.174. The lowest BCUT2D eigenvalue weighted by Gasteiger charge is -2.13. The third-order valence-electron chi connectivity index (χ3n) is 3.99. The molecule has 2 aromatic heterocycles. The highest BCUT2D eigenvalue weighted by molar-refractivity contribution is 7.15. The Morgan fingerprint density at radius 3 is 2.55 bits per heavy atom. The van der Waals surface area contributed by atoms with Crippen molar-refractivity contribution < 1.29 is 4.79 Å². The van der Waals surface area contributed by atoms with Crippen LogP contribution in [0, 0.1) is 13.8 Å². The molecular formula is C15H19N3OS. The van der Waals surface area contributed by atoms with Crippen molar-refractivity contribution in [2.24, 2.45) is 5.84 Å². The molecule has 0 aliphatic heterocycles. The first kappa shape index (κ1) is 13.4. The number of aromatic nitrogens is 1. The minimum absolute atomic E-state index is 0.174. The summed E-state index contributed by atoms with van der Waals surface area (Å²) in [7, 11) is 0. The zero-order valence-corrected chi connectivity index (χ0v) is 12.6. The molecule has 0 aromatic carbocycles. The summed E-state index contributed by atoms with van der Waals surface area (Å²) < 4.78 is 2.16. The highest BCUT2D eigenvalue weighted by Crippen LogP contribution is 2.38. The fourth-order valence-corrected chi connectivity index (χ4v) is 4.51. The maximum atomic E-state index is 12.2. The monoisotopic (exact) mass is 289 g/mol. The molecule has 2 aromatic rings. The number of carbonyl (C=O) groups is 1. The lowest BCUT2D eigenvalue weighted by molar-refractivity contribution is 0.0953. The molecule has 4 nitrogen and oxygen atoms in total. The predicted molar refractivity (Wildman–Crippen MR) is 81.4 cm³/mol. The summed E-state index contributed by atoms with van der Waals surface area (Å²) in [5, 5.41) is 1.01. The number of amides is 1. The van der Waals surface area contributed by atoms with Gasteiger partial charge in [-0.25, -0.2) is 5.84 Å². The second-order valence-electron chi connectivity index (χ2n) is 5.32. The standard InChI is InChI=1S/C15H19N3OS/c1-9-7-8-10(2)18(9)15-13(14(19)17-16)11-5-3-4-6-12(11)20-15/h7-8H,3-6,16H2,1-2H3,(H,17,19). The molecule has 0 spiro atoms. The van der Waals surface area contributed by atoms with Gasteiger partial charge in [-0.15, -0.1) is 11.3 Å². The number of hydrazine groups is 1. The van der Waals surface area contributed by atoms with Crippen LogP contribution in [0.15, 0.2) is 12.1 Å². The van der Waals surface area contributed by atoms with Gasteiger partial charge in [0.05, 0.1) is 5.56 Å². The Hall–Kier alpha value is -1.59. The Morgan fingerprint density at radius 2 is 1.90 bits per heavy atom. The van der Waals surface area contributed by atoms with Crippen molar-refractivity contribution in [2.45, 2.75) is 39.5 Å². The van der Waals surface area contributed by atoms with Crippen LogP contribution in [0.5, 0.6) is 0 Å². The normalized spacial score (nSPS) is 14.2. The Morgan fingerprint density at radius 1 is 1.25 bits per heavy atom. The zero-order valence-electron chi connectivity index (χ0n) is 11.8. The highest BCUT2D eigenvalue weighted by atomic mass is 32.1. The van der Waals surface area contributed by atoms with E-state index < -0.39 is 0 Å². The quantitative estimate of drug-likeness (QED) is 0.507. The number of carbonyl (C=O) groups excluding carboxylic acids is 1. The first-order valence-electron chi connectivity index (χ1n) is 6.94. The van der Waals surface area contributed by atoms with Gasteiger partial charge in [0.1, 0.15) is 5.00 Å². The summed E-state index contributed by atoms with van der Waals surface area (Å²) in [4.78, 5) is 13.6. The largest absolute Gasteiger partial charge is 0.309 e. The van der Waals surface area contributed by atoms with E-state index in [1.165, 1.54) is 16.9 Å². The molecule has 20 heavy (non-hydrogen) atoms. The Kier molecular flexibility index (Phi) is 3.40. The zero-order chi connectivity index (χ0) is 14.3. The Balaban J connectivity index is 2.25. The van der Waals surface area contributed by atoms with E-state index in [-0.39, 0.29) is 5.91 Å². The van der Waals surface area contributed by atoms with Crippen molar-refractivity contribution in [3.63, 3.8) is 0 Å². The summed E-state index contributed by atoms with van der Waals surface area (Å²) in [6.45, 7) is 4.13. The van der Waals surface area contributed by atoms with Crippen molar-refractivity contribution in [3.05, 3.63) is 39.5 Å². The number of thiophene rings is 1. The van der Waals surface area contributed by atoms with Gasteiger partial charge in [0.15, 0.2) is 0 Å². The number of nitrogen functional groups attached to an aromatic ring is 1. The van der Waals surface area contributed by atoms with E-state index in [2.05, 4.69) is 36.0 Å². The molecule has 3 rings (SSSR count). The van der Waals surface area contributed by atoms with E-state index in [4.69, 9.17) is 5.84 Å². The lowest BCUT2D eigenvalue weighted by atomic mass is 9.95. The van der Waals surface area contributed by atoms with Gasteiger partial charge in [0.2, 0.25) is 0 Å². The van der Waals surface area contributed by atoms with Crippen LogP contribution < -0.4 is 11.3 Å². The summed E-state index contributed by atoms with van der Waals surface area (Å²) in [5.41, 5.74) is 6.58. The molecule has 0 saturated carbocycles. The van der Waals surface area contributed by atoms with E-state index in [0.717, 1.165) is 41.2 Å². The van der Waals surface area contributed by atoms with Crippen molar-refractivity contribution in [1.29, 1.82) is 0 Å². The summed E-state index contributed by atoms with van der Waals surface area (Å²) in [6, 6.07) is 4.16. The summed E-state index contributed by atoms with van der Waals surface area (Å²) in [5.74, 6) is 5.22. The molecule has 0 fully saturated rings. The van der Waals surface area contributed by atoms with E-state index in [1.54, 1.807) is 11.3 Å². The second kappa shape index (κ2) is 5.07. The summed E-state index contributed by atoms with van der Waals surface area (Å²) in [6.07, 6.45) is 4.41. The third-order valence-corrected chi connectivity index (χ3v) is 5.26. The van der Waals surface area contributed by atoms with Gasteiger partial charge < -0.3 is 4.57 Å². The van der Waals surface area contributed by atoms with Crippen molar-refractivity contribution in [2.75, 3.05) is 0 Å². The maximum absolute atomic E-state index is 12.2. The van der Waals surface area contributed by atoms with Crippen LogP contribution >= 0.6 is 11.3 Å². The number of nitrogens with two attached hydrogens (primary N) is 1. The van der Waals surface area contributed by atoms with Crippen LogP contribution in [0.4, 0.5) is 0 Å². The highest BCUT2D eigenvalue weighted by Gasteiger charge is 2.26. The van der Waals surface area contributed by atoms with Gasteiger partial charge in [0, 0.05) is 16.3 Å². The number of fused-ring (bicyclic) bond motifs is 1. The number of nitrogens with one attached hydrogen (secondary N) is 1. The van der Waals surface area contributed by atoms with Gasteiger partial charge in [-0.1, -0.05) is 0 Å². The van der Waals surface area contributed by atoms with E-state index in [9.17, 15) is 4.79 Å². The van der Waals surface area contributed by atoms with Gasteiger partial charge >= 0.3 is 0 Å². The number of nitrogens with zero attached hydrogens (tertiary/aromatic N) is 1. The first-order valence-corrected chi connectivity index (χ1v) is 7.76. The topological polar surface area (TPSA) is 60.0 Å². The lowest BCUT2D eigenvalue weighted by Crippen LogP contribution is -2.31. The molecule has 5 heteroatoms. The van der Waals surface area contributed by atoms with Crippen LogP contribution in [0.1, 0.15) is 45.0 Å². The van der Waals surface area contributed by atoms with Crippen molar-refractivity contribution >= 4 is 17.2 Å². The molecule has 0 bridgehead atoms. The average Bonchev–Trinajstić information content (AvgIpc) is 2.98. The van der Waals surface area contributed by atoms with Crippen LogP contribution in [0.25, 0.3) is 5.00 Å². The van der Waals surface area contributed by atoms with Crippen LogP contribution in [-0.2, 0) is 12.8 Å². The van der Waals surface area contributed by atoms with Gasteiger partial charge in [-0.3, -0.25) is 10.2 Å². The fourth-order valence-electron chi connectivity index (χ4n) is 3.00. The molecule has 1 amide bonds. The van der Waals surface area contributed by atoms with E-state index in [0.29, 0.717) is 0 Å². The SMILES string of the molecule is Cc1ccc(C)n1-c1sc2c(c1C(=O)NN)CCCC2. The Bertz CT molecular complexity index is 649. The predicted octanol–water partition coefficient (Wildman–Crippen LogP) is 2.64. The van der Waals surface area contributed by atoms with Crippen molar-refractivity contribution in [1.82, 2.24) is 9.99 Å². The van der Waals surface area contributed by atoms with Gasteiger partial charge in [0.25, 0.3) is 5.91 Å². The Labute approximate surface area is 122 Å². The average molecular weight is 289 g/mol. The van der Waals surface area contributed by atoms with Gasteiger partial charge in [-0.05, 0) is 57.2 Å². The molecular weight excluding hydrogens is 270 g/mol.